The van der Waals surface area contributed by atoms with Crippen molar-refractivity contribution in [2.45, 2.75) is 19.5 Å². The summed E-state index contributed by atoms with van der Waals surface area (Å²) in [5.41, 5.74) is 1.64. The Bertz CT molecular complexity index is 673. The quantitative estimate of drug-likeness (QED) is 0.917. The predicted molar refractivity (Wildman–Crippen MR) is 85.6 cm³/mol. The number of fused-ring (bicyclic) bond motifs is 1. The van der Waals surface area contributed by atoms with E-state index >= 15 is 0 Å². The molecule has 0 aromatic heterocycles. The van der Waals surface area contributed by atoms with Gasteiger partial charge in [-0.25, -0.2) is 4.39 Å². The van der Waals surface area contributed by atoms with E-state index in [2.05, 4.69) is 5.32 Å². The Morgan fingerprint density at radius 3 is 2.78 bits per heavy atom. The van der Waals surface area contributed by atoms with E-state index in [9.17, 15) is 4.39 Å². The number of rotatable bonds is 5. The maximum atomic E-state index is 13.8. The molecule has 0 amide bonds. The van der Waals surface area contributed by atoms with Crippen molar-refractivity contribution in [3.63, 3.8) is 0 Å². The Morgan fingerprint density at radius 1 is 1.22 bits per heavy atom. The van der Waals surface area contributed by atoms with Crippen LogP contribution in [-0.4, -0.2) is 20.3 Å². The number of nitrogens with one attached hydrogen (secondary N) is 1. The lowest BCUT2D eigenvalue weighted by Gasteiger charge is -2.22. The number of hydrogen-bond acceptors (Lipinski definition) is 4. The van der Waals surface area contributed by atoms with Crippen LogP contribution in [0.4, 0.5) is 4.39 Å². The van der Waals surface area contributed by atoms with Gasteiger partial charge in [0.1, 0.15) is 19.0 Å². The molecule has 3 rings (SSSR count). The molecular formula is C18H20FNO3. The van der Waals surface area contributed by atoms with E-state index in [0.717, 1.165) is 5.56 Å². The van der Waals surface area contributed by atoms with E-state index in [1.807, 2.05) is 25.1 Å². The van der Waals surface area contributed by atoms with Gasteiger partial charge in [-0.3, -0.25) is 0 Å². The van der Waals surface area contributed by atoms with Crippen molar-refractivity contribution in [1.82, 2.24) is 5.32 Å². The zero-order chi connectivity index (χ0) is 16.2. The zero-order valence-corrected chi connectivity index (χ0v) is 13.3. The number of hydrogen-bond donors (Lipinski definition) is 1. The molecule has 1 heterocycles. The van der Waals surface area contributed by atoms with E-state index in [-0.39, 0.29) is 11.9 Å². The molecule has 0 saturated heterocycles. The van der Waals surface area contributed by atoms with Crippen molar-refractivity contribution < 1.29 is 18.6 Å². The minimum absolute atomic E-state index is 0.101. The molecule has 122 valence electrons. The summed E-state index contributed by atoms with van der Waals surface area (Å²) in [5, 5.41) is 3.32. The molecule has 0 bridgehead atoms. The molecule has 2 aromatic rings. The lowest BCUT2D eigenvalue weighted by Crippen LogP contribution is -2.20. The fourth-order valence-corrected chi connectivity index (χ4v) is 2.64. The fraction of sp³-hybridized carbons (Fsp3) is 0.333. The Hall–Kier alpha value is -2.27. The van der Waals surface area contributed by atoms with Crippen LogP contribution in [0, 0.1) is 5.82 Å². The summed E-state index contributed by atoms with van der Waals surface area (Å²) in [6.45, 7) is 3.56. The first-order valence-electron chi connectivity index (χ1n) is 7.63. The van der Waals surface area contributed by atoms with Gasteiger partial charge in [-0.1, -0.05) is 18.2 Å². The maximum Gasteiger partial charge on any atom is 0.203 e. The lowest BCUT2D eigenvalue weighted by molar-refractivity contribution is 0.165. The first-order chi connectivity index (χ1) is 11.2. The van der Waals surface area contributed by atoms with Gasteiger partial charge < -0.3 is 19.5 Å². The van der Waals surface area contributed by atoms with Gasteiger partial charge in [0, 0.05) is 18.2 Å². The van der Waals surface area contributed by atoms with Crippen LogP contribution in [-0.2, 0) is 6.54 Å². The molecule has 0 spiro atoms. The van der Waals surface area contributed by atoms with Gasteiger partial charge in [0.2, 0.25) is 5.75 Å². The Labute approximate surface area is 135 Å². The third-order valence-electron chi connectivity index (χ3n) is 3.87. The van der Waals surface area contributed by atoms with Gasteiger partial charge in [-0.15, -0.1) is 0 Å². The van der Waals surface area contributed by atoms with Gasteiger partial charge in [-0.05, 0) is 30.7 Å². The first-order valence-corrected chi connectivity index (χ1v) is 7.63. The highest BCUT2D eigenvalue weighted by Gasteiger charge is 2.19. The van der Waals surface area contributed by atoms with Crippen molar-refractivity contribution in [2.24, 2.45) is 0 Å². The van der Waals surface area contributed by atoms with Gasteiger partial charge >= 0.3 is 0 Å². The van der Waals surface area contributed by atoms with E-state index in [1.54, 1.807) is 19.2 Å². The van der Waals surface area contributed by atoms with Gasteiger partial charge in [0.25, 0.3) is 0 Å². The van der Waals surface area contributed by atoms with Crippen LogP contribution < -0.4 is 19.5 Å². The van der Waals surface area contributed by atoms with Gasteiger partial charge in [-0.2, -0.15) is 0 Å². The lowest BCUT2D eigenvalue weighted by atomic mass is 10.1. The first kappa shape index (κ1) is 15.6. The summed E-state index contributed by atoms with van der Waals surface area (Å²) in [6, 6.07) is 10.5. The SMILES string of the molecule is COc1cc(CN[C@@H](C)c2ccccc2F)cc2c1OCCO2. The summed E-state index contributed by atoms with van der Waals surface area (Å²) in [4.78, 5) is 0. The molecule has 0 radical (unpaired) electrons. The highest BCUT2D eigenvalue weighted by atomic mass is 19.1. The van der Waals surface area contributed by atoms with Crippen LogP contribution in [0.1, 0.15) is 24.1 Å². The summed E-state index contributed by atoms with van der Waals surface area (Å²) >= 11 is 0. The fourth-order valence-electron chi connectivity index (χ4n) is 2.64. The smallest absolute Gasteiger partial charge is 0.203 e. The molecule has 0 saturated carbocycles. The van der Waals surface area contributed by atoms with Crippen LogP contribution in [0.25, 0.3) is 0 Å². The second-order valence-corrected chi connectivity index (χ2v) is 5.45. The number of benzene rings is 2. The summed E-state index contributed by atoms with van der Waals surface area (Å²) in [7, 11) is 1.60. The topological polar surface area (TPSA) is 39.7 Å². The molecular weight excluding hydrogens is 297 g/mol. The molecule has 2 aromatic carbocycles. The van der Waals surface area contributed by atoms with Crippen LogP contribution >= 0.6 is 0 Å². The van der Waals surface area contributed by atoms with Crippen LogP contribution in [0.2, 0.25) is 0 Å². The molecule has 4 nitrogen and oxygen atoms in total. The standard InChI is InChI=1S/C18H20FNO3/c1-12(14-5-3-4-6-15(14)19)20-11-13-9-16(21-2)18-17(10-13)22-7-8-23-18/h3-6,9-10,12,20H,7-8,11H2,1-2H3/t12-/m0/s1. The molecule has 0 fully saturated rings. The van der Waals surface area contributed by atoms with E-state index in [0.29, 0.717) is 42.6 Å². The molecule has 23 heavy (non-hydrogen) atoms. The monoisotopic (exact) mass is 317 g/mol. The van der Waals surface area contributed by atoms with Gasteiger partial charge in [0.05, 0.1) is 7.11 Å². The average molecular weight is 317 g/mol. The Kier molecular flexibility index (Phi) is 4.67. The van der Waals surface area contributed by atoms with Crippen LogP contribution in [0.5, 0.6) is 17.2 Å². The zero-order valence-electron chi connectivity index (χ0n) is 13.3. The Balaban J connectivity index is 1.74. The number of ether oxygens (including phenoxy) is 3. The number of halogens is 1. The summed E-state index contributed by atoms with van der Waals surface area (Å²) in [6.07, 6.45) is 0. The largest absolute Gasteiger partial charge is 0.493 e. The Morgan fingerprint density at radius 2 is 2.00 bits per heavy atom. The molecule has 1 aliphatic heterocycles. The summed E-state index contributed by atoms with van der Waals surface area (Å²) < 4.78 is 30.4. The van der Waals surface area contributed by atoms with Crippen molar-refractivity contribution in [2.75, 3.05) is 20.3 Å². The molecule has 5 heteroatoms. The third-order valence-corrected chi connectivity index (χ3v) is 3.87. The summed E-state index contributed by atoms with van der Waals surface area (Å²) in [5.74, 6) is 1.78. The van der Waals surface area contributed by atoms with Crippen molar-refractivity contribution in [3.8, 4) is 17.2 Å². The average Bonchev–Trinajstić information content (AvgIpc) is 2.59. The van der Waals surface area contributed by atoms with Crippen molar-refractivity contribution >= 4 is 0 Å². The predicted octanol–water partition coefficient (Wildman–Crippen LogP) is 3.46. The van der Waals surface area contributed by atoms with Crippen LogP contribution in [0.3, 0.4) is 0 Å². The molecule has 1 atom stereocenters. The van der Waals surface area contributed by atoms with Gasteiger partial charge in [0.15, 0.2) is 11.5 Å². The van der Waals surface area contributed by atoms with E-state index in [4.69, 9.17) is 14.2 Å². The minimum Gasteiger partial charge on any atom is -0.493 e. The van der Waals surface area contributed by atoms with E-state index < -0.39 is 0 Å². The van der Waals surface area contributed by atoms with Crippen molar-refractivity contribution in [3.05, 3.63) is 53.3 Å². The molecule has 1 N–H and O–H groups in total. The highest BCUT2D eigenvalue weighted by molar-refractivity contribution is 5.54. The minimum atomic E-state index is -0.202. The second kappa shape index (κ2) is 6.87. The normalized spacial score (nSPS) is 14.4. The second-order valence-electron chi connectivity index (χ2n) is 5.45. The van der Waals surface area contributed by atoms with Crippen LogP contribution in [0.15, 0.2) is 36.4 Å². The number of methoxy groups -OCH3 is 1. The molecule has 0 aliphatic carbocycles. The highest BCUT2D eigenvalue weighted by Crippen LogP contribution is 2.40. The van der Waals surface area contributed by atoms with Crippen molar-refractivity contribution in [1.29, 1.82) is 0 Å². The maximum absolute atomic E-state index is 13.8. The van der Waals surface area contributed by atoms with E-state index in [1.165, 1.54) is 6.07 Å². The molecule has 0 unspecified atom stereocenters. The molecule has 1 aliphatic rings. The third kappa shape index (κ3) is 3.40.